The molecule has 2 aromatic heterocycles. The van der Waals surface area contributed by atoms with Gasteiger partial charge in [0.15, 0.2) is 0 Å². The smallest absolute Gasteiger partial charge is 0.328 e. The summed E-state index contributed by atoms with van der Waals surface area (Å²) >= 11 is 1.61. The number of aromatic amines is 1. The molecular formula is C16H21N3O3S. The lowest BCUT2D eigenvalue weighted by atomic mass is 10.1. The standard InChI is InChI=1S/C16H21N3O3S/c1-3-12(2)19(10-13-6-9-23-11-13)15(21)5-8-18-7-4-14(20)17-16(18)22/h4,6-7,9,11-12H,3,5,8,10H2,1-2H3,(H,17,20,22)/t12-/m0/s1. The minimum absolute atomic E-state index is 0.00338. The Morgan fingerprint density at radius 3 is 2.78 bits per heavy atom. The van der Waals surface area contributed by atoms with Gasteiger partial charge in [0, 0.05) is 37.8 Å². The lowest BCUT2D eigenvalue weighted by Gasteiger charge is -2.28. The predicted octanol–water partition coefficient (Wildman–Crippen LogP) is 1.82. The molecule has 124 valence electrons. The largest absolute Gasteiger partial charge is 0.336 e. The number of hydrogen-bond donors (Lipinski definition) is 1. The third kappa shape index (κ3) is 4.66. The molecule has 23 heavy (non-hydrogen) atoms. The van der Waals surface area contributed by atoms with Gasteiger partial charge in [-0.1, -0.05) is 6.92 Å². The Labute approximate surface area is 138 Å². The summed E-state index contributed by atoms with van der Waals surface area (Å²) in [5.74, 6) is 0.00338. The second-order valence-corrected chi connectivity index (χ2v) is 6.24. The fourth-order valence-electron chi connectivity index (χ4n) is 2.27. The van der Waals surface area contributed by atoms with Gasteiger partial charge in [0.1, 0.15) is 0 Å². The molecule has 1 N–H and O–H groups in total. The molecule has 0 fully saturated rings. The van der Waals surface area contributed by atoms with Crippen molar-refractivity contribution in [3.05, 3.63) is 55.5 Å². The highest BCUT2D eigenvalue weighted by Crippen LogP contribution is 2.15. The van der Waals surface area contributed by atoms with E-state index in [9.17, 15) is 14.4 Å². The third-order valence-corrected chi connectivity index (χ3v) is 4.57. The molecule has 0 aliphatic carbocycles. The quantitative estimate of drug-likeness (QED) is 0.838. The maximum atomic E-state index is 12.6. The van der Waals surface area contributed by atoms with E-state index < -0.39 is 11.2 Å². The van der Waals surface area contributed by atoms with E-state index in [0.717, 1.165) is 12.0 Å². The predicted molar refractivity (Wildman–Crippen MR) is 90.6 cm³/mol. The van der Waals surface area contributed by atoms with Gasteiger partial charge >= 0.3 is 5.69 Å². The average Bonchev–Trinajstić information content (AvgIpc) is 3.04. The third-order valence-electron chi connectivity index (χ3n) is 3.84. The number of aryl methyl sites for hydroxylation is 1. The van der Waals surface area contributed by atoms with Crippen molar-refractivity contribution < 1.29 is 4.79 Å². The number of amides is 1. The van der Waals surface area contributed by atoms with E-state index in [1.54, 1.807) is 11.3 Å². The Morgan fingerprint density at radius 2 is 2.17 bits per heavy atom. The van der Waals surface area contributed by atoms with Crippen LogP contribution in [-0.2, 0) is 17.9 Å². The molecular weight excluding hydrogens is 314 g/mol. The first-order valence-corrected chi connectivity index (χ1v) is 8.56. The summed E-state index contributed by atoms with van der Waals surface area (Å²) in [6.45, 7) is 4.91. The molecule has 0 aromatic carbocycles. The normalized spacial score (nSPS) is 12.1. The van der Waals surface area contributed by atoms with Crippen LogP contribution < -0.4 is 11.2 Å². The van der Waals surface area contributed by atoms with Gasteiger partial charge in [-0.2, -0.15) is 11.3 Å². The van der Waals surface area contributed by atoms with Crippen LogP contribution in [0, 0.1) is 0 Å². The van der Waals surface area contributed by atoms with E-state index in [1.807, 2.05) is 35.6 Å². The molecule has 0 unspecified atom stereocenters. The zero-order chi connectivity index (χ0) is 16.8. The van der Waals surface area contributed by atoms with Crippen LogP contribution in [0.25, 0.3) is 0 Å². The van der Waals surface area contributed by atoms with Gasteiger partial charge in [-0.15, -0.1) is 0 Å². The van der Waals surface area contributed by atoms with Gasteiger partial charge < -0.3 is 9.47 Å². The fourth-order valence-corrected chi connectivity index (χ4v) is 2.93. The first-order valence-electron chi connectivity index (χ1n) is 7.61. The Kier molecular flexibility index (Phi) is 5.92. The zero-order valence-electron chi connectivity index (χ0n) is 13.3. The maximum Gasteiger partial charge on any atom is 0.328 e. The highest BCUT2D eigenvalue weighted by atomic mass is 32.1. The Hall–Kier alpha value is -2.15. The van der Waals surface area contributed by atoms with Crippen LogP contribution in [0.4, 0.5) is 0 Å². The molecule has 0 bridgehead atoms. The van der Waals surface area contributed by atoms with Crippen molar-refractivity contribution in [1.82, 2.24) is 14.5 Å². The van der Waals surface area contributed by atoms with Gasteiger partial charge in [0.25, 0.3) is 5.56 Å². The summed E-state index contributed by atoms with van der Waals surface area (Å²) in [6, 6.07) is 3.43. The van der Waals surface area contributed by atoms with Crippen molar-refractivity contribution in [3.63, 3.8) is 0 Å². The molecule has 1 atom stereocenters. The second kappa shape index (κ2) is 7.92. The van der Waals surface area contributed by atoms with Gasteiger partial charge in [-0.25, -0.2) is 4.79 Å². The molecule has 2 rings (SSSR count). The van der Waals surface area contributed by atoms with Gasteiger partial charge in [0.2, 0.25) is 5.91 Å². The van der Waals surface area contributed by atoms with Crippen LogP contribution in [0.1, 0.15) is 32.3 Å². The molecule has 0 saturated heterocycles. The fraction of sp³-hybridized carbons (Fsp3) is 0.438. The van der Waals surface area contributed by atoms with Gasteiger partial charge in [0.05, 0.1) is 0 Å². The molecule has 2 heterocycles. The second-order valence-electron chi connectivity index (χ2n) is 5.46. The van der Waals surface area contributed by atoms with Crippen LogP contribution in [0.5, 0.6) is 0 Å². The SMILES string of the molecule is CC[C@H](C)N(Cc1ccsc1)C(=O)CCn1ccc(=O)[nH]c1=O. The van der Waals surface area contributed by atoms with Crippen molar-refractivity contribution in [3.8, 4) is 0 Å². The number of nitrogens with zero attached hydrogens (tertiary/aromatic N) is 2. The molecule has 2 aromatic rings. The number of thiophene rings is 1. The lowest BCUT2D eigenvalue weighted by molar-refractivity contribution is -0.134. The number of H-pyrrole nitrogens is 1. The summed E-state index contributed by atoms with van der Waals surface area (Å²) < 4.78 is 1.35. The number of rotatable bonds is 7. The van der Waals surface area contributed by atoms with Crippen LogP contribution in [0.3, 0.4) is 0 Å². The Morgan fingerprint density at radius 1 is 1.39 bits per heavy atom. The molecule has 7 heteroatoms. The molecule has 0 radical (unpaired) electrons. The van der Waals surface area contributed by atoms with Crippen LogP contribution in [-0.4, -0.2) is 26.4 Å². The van der Waals surface area contributed by atoms with Crippen molar-refractivity contribution in [1.29, 1.82) is 0 Å². The Bertz CT molecular complexity index is 748. The molecule has 0 spiro atoms. The molecule has 1 amide bonds. The first kappa shape index (κ1) is 17.2. The lowest BCUT2D eigenvalue weighted by Crippen LogP contribution is -2.39. The van der Waals surface area contributed by atoms with Crippen LogP contribution in [0.15, 0.2) is 38.7 Å². The van der Waals surface area contributed by atoms with Gasteiger partial charge in [-0.3, -0.25) is 14.6 Å². The van der Waals surface area contributed by atoms with E-state index in [0.29, 0.717) is 6.54 Å². The van der Waals surface area contributed by atoms with Crippen molar-refractivity contribution in [2.45, 2.75) is 45.8 Å². The van der Waals surface area contributed by atoms with E-state index in [-0.39, 0.29) is 24.9 Å². The highest BCUT2D eigenvalue weighted by Gasteiger charge is 2.19. The number of carbonyl (C=O) groups excluding carboxylic acids is 1. The van der Waals surface area contributed by atoms with Crippen molar-refractivity contribution in [2.75, 3.05) is 0 Å². The average molecular weight is 335 g/mol. The number of nitrogens with one attached hydrogen (secondary N) is 1. The van der Waals surface area contributed by atoms with Crippen molar-refractivity contribution in [2.24, 2.45) is 0 Å². The number of carbonyl (C=O) groups is 1. The number of hydrogen-bond acceptors (Lipinski definition) is 4. The Balaban J connectivity index is 2.05. The van der Waals surface area contributed by atoms with Gasteiger partial charge in [-0.05, 0) is 35.7 Å². The van der Waals surface area contributed by atoms with E-state index in [2.05, 4.69) is 4.98 Å². The summed E-state index contributed by atoms with van der Waals surface area (Å²) in [6.07, 6.45) is 2.51. The summed E-state index contributed by atoms with van der Waals surface area (Å²) in [4.78, 5) is 39.3. The summed E-state index contributed by atoms with van der Waals surface area (Å²) in [7, 11) is 0. The first-order chi connectivity index (χ1) is 11.0. The number of aromatic nitrogens is 2. The monoisotopic (exact) mass is 335 g/mol. The van der Waals surface area contributed by atoms with E-state index in [1.165, 1.54) is 16.8 Å². The zero-order valence-corrected chi connectivity index (χ0v) is 14.1. The van der Waals surface area contributed by atoms with E-state index in [4.69, 9.17) is 0 Å². The minimum atomic E-state index is -0.488. The van der Waals surface area contributed by atoms with Crippen molar-refractivity contribution >= 4 is 17.2 Å². The topological polar surface area (TPSA) is 75.2 Å². The highest BCUT2D eigenvalue weighted by molar-refractivity contribution is 7.07. The minimum Gasteiger partial charge on any atom is -0.336 e. The molecule has 0 aliphatic rings. The molecule has 0 aliphatic heterocycles. The molecule has 0 saturated carbocycles. The summed E-state index contributed by atoms with van der Waals surface area (Å²) in [5, 5.41) is 4.03. The maximum absolute atomic E-state index is 12.6. The molecule has 6 nitrogen and oxygen atoms in total. The summed E-state index contributed by atoms with van der Waals surface area (Å²) in [5.41, 5.74) is 0.194. The van der Waals surface area contributed by atoms with Crippen LogP contribution >= 0.6 is 11.3 Å². The van der Waals surface area contributed by atoms with E-state index >= 15 is 0 Å². The van der Waals surface area contributed by atoms with Crippen LogP contribution in [0.2, 0.25) is 0 Å².